The van der Waals surface area contributed by atoms with Gasteiger partial charge >= 0.3 is 0 Å². The van der Waals surface area contributed by atoms with Crippen LogP contribution in [-0.4, -0.2) is 37.5 Å². The lowest BCUT2D eigenvalue weighted by molar-refractivity contribution is -0.120. The first-order valence-corrected chi connectivity index (χ1v) is 11.7. The van der Waals surface area contributed by atoms with Crippen molar-refractivity contribution in [2.75, 3.05) is 6.54 Å². The summed E-state index contributed by atoms with van der Waals surface area (Å²) in [6.45, 7) is 2.44. The van der Waals surface area contributed by atoms with E-state index in [2.05, 4.69) is 26.6 Å². The normalized spacial score (nSPS) is 14.6. The van der Waals surface area contributed by atoms with Crippen LogP contribution in [0.15, 0.2) is 65.6 Å². The van der Waals surface area contributed by atoms with Crippen LogP contribution in [0.3, 0.4) is 0 Å². The number of carbonyl (C=O) groups excluding carboxylic acids is 1. The highest BCUT2D eigenvalue weighted by molar-refractivity contribution is 8.00. The maximum Gasteiger partial charge on any atom is 0.233 e. The molecular weight excluding hydrogens is 425 g/mol. The lowest BCUT2D eigenvalue weighted by Gasteiger charge is -2.16. The Morgan fingerprint density at radius 1 is 1.22 bits per heavy atom. The Kier molecular flexibility index (Phi) is 7.32. The van der Waals surface area contributed by atoms with Crippen LogP contribution < -0.4 is 5.32 Å². The Hall–Kier alpha value is -3.00. The van der Waals surface area contributed by atoms with E-state index in [9.17, 15) is 9.18 Å². The molecule has 0 saturated heterocycles. The monoisotopic (exact) mass is 451 g/mol. The van der Waals surface area contributed by atoms with Crippen LogP contribution in [0.1, 0.15) is 39.0 Å². The van der Waals surface area contributed by atoms with Gasteiger partial charge in [0.05, 0.1) is 10.9 Å². The van der Waals surface area contributed by atoms with Gasteiger partial charge in [-0.3, -0.25) is 14.3 Å². The van der Waals surface area contributed by atoms with E-state index in [1.807, 2.05) is 13.0 Å². The smallest absolute Gasteiger partial charge is 0.233 e. The van der Waals surface area contributed by atoms with Crippen LogP contribution >= 0.6 is 11.8 Å². The number of pyridine rings is 1. The molecule has 0 saturated carbocycles. The Morgan fingerprint density at radius 3 is 2.84 bits per heavy atom. The zero-order valence-corrected chi connectivity index (χ0v) is 18.8. The molecule has 0 radical (unpaired) electrons. The van der Waals surface area contributed by atoms with Crippen LogP contribution in [0.4, 0.5) is 4.39 Å². The summed E-state index contributed by atoms with van der Waals surface area (Å²) >= 11 is 1.26. The summed E-state index contributed by atoms with van der Waals surface area (Å²) in [7, 11) is 0. The summed E-state index contributed by atoms with van der Waals surface area (Å²) in [6.07, 6.45) is 11.3. The number of amides is 1. The number of halogens is 1. The summed E-state index contributed by atoms with van der Waals surface area (Å²) in [4.78, 5) is 16.8. The van der Waals surface area contributed by atoms with E-state index >= 15 is 0 Å². The molecule has 2 aromatic heterocycles. The van der Waals surface area contributed by atoms with E-state index in [4.69, 9.17) is 0 Å². The molecule has 1 aliphatic carbocycles. The SMILES string of the molecule is CC(Sc1nnc(-c2cccnc2)n1-c1ccccc1F)C(=O)NCCC1=CCCCC1. The molecule has 8 heteroatoms. The summed E-state index contributed by atoms with van der Waals surface area (Å²) in [5.74, 6) is 0.0112. The maximum absolute atomic E-state index is 14.7. The van der Waals surface area contributed by atoms with Crippen molar-refractivity contribution in [2.24, 2.45) is 0 Å². The molecule has 0 spiro atoms. The van der Waals surface area contributed by atoms with Crippen molar-refractivity contribution >= 4 is 17.7 Å². The Morgan fingerprint density at radius 2 is 2.09 bits per heavy atom. The molecule has 166 valence electrons. The van der Waals surface area contributed by atoms with Gasteiger partial charge in [-0.1, -0.05) is 35.5 Å². The van der Waals surface area contributed by atoms with Crippen LogP contribution in [0.2, 0.25) is 0 Å². The largest absolute Gasteiger partial charge is 0.355 e. The van der Waals surface area contributed by atoms with E-state index in [1.165, 1.54) is 36.2 Å². The standard InChI is InChI=1S/C24H26FN5OS/c1-17(23(31)27-15-13-18-8-3-2-4-9-18)32-24-29-28-22(19-10-7-14-26-16-19)30(24)21-12-6-5-11-20(21)25/h5-8,10-12,14,16-17H,2-4,9,13,15H2,1H3,(H,27,31). The lowest BCUT2D eigenvalue weighted by atomic mass is 9.97. The number of para-hydroxylation sites is 1. The molecule has 0 fully saturated rings. The van der Waals surface area contributed by atoms with Gasteiger partial charge in [-0.25, -0.2) is 4.39 Å². The average molecular weight is 452 g/mol. The summed E-state index contributed by atoms with van der Waals surface area (Å²) < 4.78 is 16.3. The van der Waals surface area contributed by atoms with Crippen LogP contribution in [-0.2, 0) is 4.79 Å². The summed E-state index contributed by atoms with van der Waals surface area (Å²) in [6, 6.07) is 10.1. The molecule has 4 rings (SSSR count). The molecule has 3 aromatic rings. The molecule has 0 aliphatic heterocycles. The third kappa shape index (κ3) is 5.24. The van der Waals surface area contributed by atoms with Crippen molar-refractivity contribution < 1.29 is 9.18 Å². The topological polar surface area (TPSA) is 72.7 Å². The zero-order valence-electron chi connectivity index (χ0n) is 18.0. The molecule has 1 aromatic carbocycles. The minimum atomic E-state index is -0.410. The second-order valence-corrected chi connectivity index (χ2v) is 9.05. The minimum absolute atomic E-state index is 0.0718. The van der Waals surface area contributed by atoms with Crippen LogP contribution in [0.25, 0.3) is 17.1 Å². The molecule has 1 atom stereocenters. The highest BCUT2D eigenvalue weighted by Crippen LogP contribution is 2.31. The number of thioether (sulfide) groups is 1. The van der Waals surface area contributed by atoms with Crippen LogP contribution in [0, 0.1) is 5.82 Å². The predicted octanol–water partition coefficient (Wildman–Crippen LogP) is 4.96. The highest BCUT2D eigenvalue weighted by Gasteiger charge is 2.23. The third-order valence-corrected chi connectivity index (χ3v) is 6.47. The van der Waals surface area contributed by atoms with Crippen molar-refractivity contribution in [3.8, 4) is 17.1 Å². The number of rotatable bonds is 8. The fourth-order valence-corrected chi connectivity index (χ4v) is 4.60. The zero-order chi connectivity index (χ0) is 22.3. The Bertz CT molecular complexity index is 1100. The van der Waals surface area contributed by atoms with Crippen molar-refractivity contribution in [2.45, 2.75) is 49.4 Å². The van der Waals surface area contributed by atoms with Crippen molar-refractivity contribution in [1.29, 1.82) is 0 Å². The molecule has 32 heavy (non-hydrogen) atoms. The Balaban J connectivity index is 1.51. The van der Waals surface area contributed by atoms with Gasteiger partial charge in [0.2, 0.25) is 5.91 Å². The molecule has 0 bridgehead atoms. The highest BCUT2D eigenvalue weighted by atomic mass is 32.2. The third-order valence-electron chi connectivity index (χ3n) is 5.43. The number of hydrogen-bond acceptors (Lipinski definition) is 5. The van der Waals surface area contributed by atoms with Gasteiger partial charge in [0.25, 0.3) is 0 Å². The van der Waals surface area contributed by atoms with Crippen molar-refractivity contribution in [3.05, 3.63) is 66.3 Å². The van der Waals surface area contributed by atoms with E-state index in [0.717, 1.165) is 19.3 Å². The second kappa shape index (κ2) is 10.5. The fraction of sp³-hybridized carbons (Fsp3) is 0.333. The van der Waals surface area contributed by atoms with Gasteiger partial charge in [0.1, 0.15) is 5.82 Å². The molecule has 6 nitrogen and oxygen atoms in total. The minimum Gasteiger partial charge on any atom is -0.355 e. The van der Waals surface area contributed by atoms with Gasteiger partial charge in [-0.15, -0.1) is 10.2 Å². The summed E-state index contributed by atoms with van der Waals surface area (Å²) in [5.41, 5.74) is 2.47. The van der Waals surface area contributed by atoms with E-state index in [1.54, 1.807) is 41.2 Å². The van der Waals surface area contributed by atoms with Gasteiger partial charge in [-0.05, 0) is 63.3 Å². The summed E-state index contributed by atoms with van der Waals surface area (Å²) in [5, 5.41) is 11.6. The first-order valence-electron chi connectivity index (χ1n) is 10.9. The number of benzene rings is 1. The second-order valence-electron chi connectivity index (χ2n) is 7.74. The molecule has 1 unspecified atom stereocenters. The number of nitrogens with one attached hydrogen (secondary N) is 1. The Labute approximate surface area is 191 Å². The van der Waals surface area contributed by atoms with Gasteiger partial charge < -0.3 is 5.32 Å². The number of hydrogen-bond donors (Lipinski definition) is 1. The predicted molar refractivity (Wildman–Crippen MR) is 124 cm³/mol. The number of allylic oxidation sites excluding steroid dienone is 1. The van der Waals surface area contributed by atoms with Crippen molar-refractivity contribution in [1.82, 2.24) is 25.1 Å². The van der Waals surface area contributed by atoms with Gasteiger partial charge in [0.15, 0.2) is 11.0 Å². The molecule has 1 aliphatic rings. The van der Waals surface area contributed by atoms with E-state index < -0.39 is 11.1 Å². The fourth-order valence-electron chi connectivity index (χ4n) is 3.71. The van der Waals surface area contributed by atoms with Crippen LogP contribution in [0.5, 0.6) is 0 Å². The average Bonchev–Trinajstić information content (AvgIpc) is 3.23. The molecular formula is C24H26FN5OS. The molecule has 1 N–H and O–H groups in total. The van der Waals surface area contributed by atoms with Gasteiger partial charge in [-0.2, -0.15) is 0 Å². The quantitative estimate of drug-likeness (QED) is 0.387. The first-order chi connectivity index (χ1) is 15.6. The van der Waals surface area contributed by atoms with E-state index in [0.29, 0.717) is 28.8 Å². The first kappa shape index (κ1) is 22.2. The number of aromatic nitrogens is 4. The maximum atomic E-state index is 14.7. The number of carbonyl (C=O) groups is 1. The van der Waals surface area contributed by atoms with E-state index in [-0.39, 0.29) is 5.91 Å². The number of nitrogens with zero attached hydrogens (tertiary/aromatic N) is 4. The molecule has 1 amide bonds. The van der Waals surface area contributed by atoms with Gasteiger partial charge in [0, 0.05) is 24.5 Å². The molecule has 2 heterocycles. The lowest BCUT2D eigenvalue weighted by Crippen LogP contribution is -2.32. The van der Waals surface area contributed by atoms with Crippen molar-refractivity contribution in [3.63, 3.8) is 0 Å².